The number of sulfone groups is 1. The third-order valence-electron chi connectivity index (χ3n) is 4.45. The van der Waals surface area contributed by atoms with Gasteiger partial charge in [0.1, 0.15) is 11.6 Å². The molecule has 1 unspecified atom stereocenters. The van der Waals surface area contributed by atoms with Gasteiger partial charge in [0, 0.05) is 19.2 Å². The van der Waals surface area contributed by atoms with Gasteiger partial charge in [0.2, 0.25) is 0 Å². The number of hydrogen-bond acceptors (Lipinski definition) is 4. The molecule has 24 heavy (non-hydrogen) atoms. The Kier molecular flexibility index (Phi) is 3.30. The van der Waals surface area contributed by atoms with E-state index in [1.165, 1.54) is 22.9 Å². The topological polar surface area (TPSA) is 84.0 Å². The lowest BCUT2D eigenvalue weighted by molar-refractivity contribution is 0.602. The van der Waals surface area contributed by atoms with Gasteiger partial charge < -0.3 is 5.32 Å². The normalized spacial score (nSPS) is 21.4. The number of nitrogens with zero attached hydrogens (tertiary/aromatic N) is 1. The Morgan fingerprint density at radius 3 is 2.83 bits per heavy atom. The number of aromatic nitrogens is 2. The third-order valence-corrected chi connectivity index (χ3v) is 6.96. The lowest BCUT2D eigenvalue weighted by atomic mass is 9.89. The van der Waals surface area contributed by atoms with Gasteiger partial charge >= 0.3 is 0 Å². The van der Waals surface area contributed by atoms with Crippen molar-refractivity contribution in [2.24, 2.45) is 7.05 Å². The van der Waals surface area contributed by atoms with E-state index in [-0.39, 0.29) is 20.7 Å². The fourth-order valence-corrected chi connectivity index (χ4v) is 5.63. The molecule has 2 N–H and O–H groups in total. The molecular weight excluding hydrogens is 401 g/mol. The van der Waals surface area contributed by atoms with Crippen LogP contribution in [0, 0.1) is 5.82 Å². The number of allylic oxidation sites excluding steroid dienone is 2. The molecule has 9 heteroatoms. The van der Waals surface area contributed by atoms with Gasteiger partial charge in [-0.15, -0.1) is 0 Å². The van der Waals surface area contributed by atoms with E-state index in [1.807, 2.05) is 0 Å². The van der Waals surface area contributed by atoms with Gasteiger partial charge in [-0.2, -0.15) is 0 Å². The summed E-state index contributed by atoms with van der Waals surface area (Å²) in [6.45, 7) is 0. The lowest BCUT2D eigenvalue weighted by Crippen LogP contribution is -2.23. The van der Waals surface area contributed by atoms with Gasteiger partial charge in [0.15, 0.2) is 9.84 Å². The highest BCUT2D eigenvalue weighted by molar-refractivity contribution is 9.10. The average Bonchev–Trinajstić information content (AvgIpc) is 2.98. The van der Waals surface area contributed by atoms with Crippen LogP contribution in [0.3, 0.4) is 0 Å². The van der Waals surface area contributed by atoms with Crippen molar-refractivity contribution in [3.8, 4) is 0 Å². The van der Waals surface area contributed by atoms with E-state index < -0.39 is 21.6 Å². The molecule has 3 heterocycles. The number of fused-ring (bicyclic) bond motifs is 1. The minimum absolute atomic E-state index is 0.00935. The summed E-state index contributed by atoms with van der Waals surface area (Å²) in [7, 11) is -1.79. The highest BCUT2D eigenvalue weighted by Crippen LogP contribution is 2.46. The summed E-state index contributed by atoms with van der Waals surface area (Å²) >= 11 is 3.13. The van der Waals surface area contributed by atoms with Crippen LogP contribution in [0.15, 0.2) is 38.1 Å². The van der Waals surface area contributed by atoms with Crippen LogP contribution in [-0.4, -0.2) is 24.0 Å². The maximum Gasteiger partial charge on any atom is 0.270 e. The van der Waals surface area contributed by atoms with Crippen LogP contribution in [0.1, 0.15) is 23.5 Å². The van der Waals surface area contributed by atoms with Gasteiger partial charge in [-0.05, 0) is 33.6 Å². The Morgan fingerprint density at radius 2 is 2.12 bits per heavy atom. The Hall–Kier alpha value is -1.87. The summed E-state index contributed by atoms with van der Waals surface area (Å²) in [4.78, 5) is 12.6. The fraction of sp³-hybridized carbons (Fsp3) is 0.267. The molecule has 4 rings (SSSR count). The standard InChI is InChI=1S/C15H13BrFN3O3S/c1-20-14-12(15(21)19-20)11(7-2-3-9(17)8(16)6-7)13-10(18-14)4-5-24(13,22)23/h2-3,6,11,18H,4-5H2,1H3,(H,19,21). The molecule has 0 fully saturated rings. The molecule has 0 radical (unpaired) electrons. The number of rotatable bonds is 1. The molecule has 2 aliphatic rings. The molecule has 0 saturated carbocycles. The summed E-state index contributed by atoms with van der Waals surface area (Å²) in [5.41, 5.74) is 1.13. The van der Waals surface area contributed by atoms with Crippen molar-refractivity contribution in [2.45, 2.75) is 12.3 Å². The second-order valence-electron chi connectivity index (χ2n) is 5.91. The van der Waals surface area contributed by atoms with Gasteiger partial charge in [-0.3, -0.25) is 14.6 Å². The van der Waals surface area contributed by atoms with Gasteiger partial charge in [-0.25, -0.2) is 12.8 Å². The molecule has 6 nitrogen and oxygen atoms in total. The second kappa shape index (κ2) is 5.06. The summed E-state index contributed by atoms with van der Waals surface area (Å²) in [6, 6.07) is 4.31. The van der Waals surface area contributed by atoms with E-state index in [9.17, 15) is 17.6 Å². The van der Waals surface area contributed by atoms with Crippen LogP contribution in [0.5, 0.6) is 0 Å². The van der Waals surface area contributed by atoms with Crippen LogP contribution in [0.2, 0.25) is 0 Å². The van der Waals surface area contributed by atoms with E-state index in [4.69, 9.17) is 0 Å². The maximum atomic E-state index is 13.6. The molecule has 2 aliphatic heterocycles. The van der Waals surface area contributed by atoms with Crippen molar-refractivity contribution >= 4 is 31.6 Å². The molecule has 0 amide bonds. The number of nitrogens with one attached hydrogen (secondary N) is 2. The van der Waals surface area contributed by atoms with E-state index in [1.54, 1.807) is 7.05 Å². The molecule has 0 spiro atoms. The maximum absolute atomic E-state index is 13.6. The minimum atomic E-state index is -3.47. The zero-order valence-electron chi connectivity index (χ0n) is 12.6. The largest absolute Gasteiger partial charge is 0.343 e. The SMILES string of the molecule is Cn1[nH]c(=O)c2c1NC1=C(C2c2ccc(F)c(Br)c2)S(=O)(=O)CC1. The number of benzene rings is 1. The van der Waals surface area contributed by atoms with E-state index in [0.717, 1.165) is 0 Å². The highest BCUT2D eigenvalue weighted by atomic mass is 79.9. The summed E-state index contributed by atoms with van der Waals surface area (Å²) < 4.78 is 40.5. The smallest absolute Gasteiger partial charge is 0.270 e. The number of aryl methyl sites for hydroxylation is 1. The zero-order valence-corrected chi connectivity index (χ0v) is 15.0. The van der Waals surface area contributed by atoms with Crippen molar-refractivity contribution < 1.29 is 12.8 Å². The molecule has 1 atom stereocenters. The molecule has 126 valence electrons. The molecule has 1 aromatic heterocycles. The van der Waals surface area contributed by atoms with Crippen LogP contribution < -0.4 is 10.9 Å². The summed E-state index contributed by atoms with van der Waals surface area (Å²) in [6.07, 6.45) is 0.370. The van der Waals surface area contributed by atoms with E-state index in [0.29, 0.717) is 29.1 Å². The van der Waals surface area contributed by atoms with Crippen LogP contribution >= 0.6 is 15.9 Å². The first kappa shape index (κ1) is 15.6. The molecule has 0 aliphatic carbocycles. The van der Waals surface area contributed by atoms with Crippen molar-refractivity contribution in [2.75, 3.05) is 11.1 Å². The average molecular weight is 414 g/mol. The number of hydrogen-bond donors (Lipinski definition) is 2. The predicted molar refractivity (Wildman–Crippen MR) is 91.0 cm³/mol. The fourth-order valence-electron chi connectivity index (χ4n) is 3.39. The molecule has 0 bridgehead atoms. The summed E-state index contributed by atoms with van der Waals surface area (Å²) in [5, 5.41) is 5.73. The van der Waals surface area contributed by atoms with Gasteiger partial charge in [0.05, 0.1) is 26.6 Å². The van der Waals surface area contributed by atoms with Gasteiger partial charge in [0.25, 0.3) is 5.56 Å². The third kappa shape index (κ3) is 2.11. The quantitative estimate of drug-likeness (QED) is 0.750. The number of halogens is 2. The van der Waals surface area contributed by atoms with Crippen molar-refractivity contribution in [1.82, 2.24) is 9.78 Å². The Labute approximate surface area is 145 Å². The molecule has 0 saturated heterocycles. The van der Waals surface area contributed by atoms with E-state index >= 15 is 0 Å². The zero-order chi connectivity index (χ0) is 17.2. The first-order valence-electron chi connectivity index (χ1n) is 7.26. The number of anilines is 1. The summed E-state index contributed by atoms with van der Waals surface area (Å²) in [5.74, 6) is -0.639. The van der Waals surface area contributed by atoms with E-state index in [2.05, 4.69) is 26.3 Å². The predicted octanol–water partition coefficient (Wildman–Crippen LogP) is 2.20. The van der Waals surface area contributed by atoms with Crippen LogP contribution in [-0.2, 0) is 16.9 Å². The number of aromatic amines is 1. The van der Waals surface area contributed by atoms with Crippen molar-refractivity contribution in [3.63, 3.8) is 0 Å². The Bertz CT molecular complexity index is 1070. The molecule has 2 aromatic rings. The first-order chi connectivity index (χ1) is 11.3. The monoisotopic (exact) mass is 413 g/mol. The number of H-pyrrole nitrogens is 1. The Balaban J connectivity index is 2.04. The second-order valence-corrected chi connectivity index (χ2v) is 8.84. The highest BCUT2D eigenvalue weighted by Gasteiger charge is 2.43. The molecular formula is C15H13BrFN3O3S. The lowest BCUT2D eigenvalue weighted by Gasteiger charge is -2.25. The molecule has 1 aromatic carbocycles. The van der Waals surface area contributed by atoms with Gasteiger partial charge in [-0.1, -0.05) is 6.07 Å². The first-order valence-corrected chi connectivity index (χ1v) is 9.71. The van der Waals surface area contributed by atoms with Crippen LogP contribution in [0.4, 0.5) is 10.2 Å². The minimum Gasteiger partial charge on any atom is -0.343 e. The van der Waals surface area contributed by atoms with Crippen molar-refractivity contribution in [1.29, 1.82) is 0 Å². The Morgan fingerprint density at radius 1 is 1.38 bits per heavy atom. The van der Waals surface area contributed by atoms with Crippen LogP contribution in [0.25, 0.3) is 0 Å². The van der Waals surface area contributed by atoms with Crippen molar-refractivity contribution in [3.05, 3.63) is 60.6 Å².